The molecule has 0 unspecified atom stereocenters. The van der Waals surface area contributed by atoms with Gasteiger partial charge >= 0.3 is 5.97 Å². The van der Waals surface area contributed by atoms with Crippen LogP contribution in [0.3, 0.4) is 0 Å². The van der Waals surface area contributed by atoms with Crippen LogP contribution in [-0.2, 0) is 6.54 Å². The average molecular weight is 388 g/mol. The second-order valence-corrected chi connectivity index (χ2v) is 8.32. The molecule has 0 bridgehead atoms. The van der Waals surface area contributed by atoms with Gasteiger partial charge in [-0.25, -0.2) is 4.79 Å². The Morgan fingerprint density at radius 3 is 2.48 bits per heavy atom. The van der Waals surface area contributed by atoms with E-state index in [0.717, 1.165) is 47.2 Å². The van der Waals surface area contributed by atoms with E-state index in [0.29, 0.717) is 12.0 Å². The molecular formula is C24H24N2O3. The van der Waals surface area contributed by atoms with Gasteiger partial charge in [0.15, 0.2) is 0 Å². The molecule has 29 heavy (non-hydrogen) atoms. The number of rotatable bonds is 6. The number of hydrogen-bond donors (Lipinski definition) is 2. The van der Waals surface area contributed by atoms with E-state index in [4.69, 9.17) is 0 Å². The third kappa shape index (κ3) is 3.36. The van der Waals surface area contributed by atoms with E-state index in [-0.39, 0.29) is 5.56 Å². The van der Waals surface area contributed by atoms with E-state index in [2.05, 4.69) is 29.6 Å². The molecule has 3 aromatic rings. The maximum absolute atomic E-state index is 12.7. The summed E-state index contributed by atoms with van der Waals surface area (Å²) in [6, 6.07) is 12.8. The first-order valence-electron chi connectivity index (χ1n) is 10.3. The van der Waals surface area contributed by atoms with Crippen LogP contribution < -0.4 is 10.9 Å². The minimum Gasteiger partial charge on any atom is -0.477 e. The summed E-state index contributed by atoms with van der Waals surface area (Å²) in [7, 11) is 0. The van der Waals surface area contributed by atoms with Crippen molar-refractivity contribution in [2.24, 2.45) is 0 Å². The summed E-state index contributed by atoms with van der Waals surface area (Å²) in [5.41, 5.74) is 5.70. The highest BCUT2D eigenvalue weighted by Crippen LogP contribution is 2.43. The molecule has 2 N–H and O–H groups in total. The largest absolute Gasteiger partial charge is 0.477 e. The van der Waals surface area contributed by atoms with E-state index in [1.165, 1.54) is 22.8 Å². The number of carboxylic acid groups (broad SMARTS) is 1. The van der Waals surface area contributed by atoms with Gasteiger partial charge in [0.2, 0.25) is 0 Å². The number of carbonyl (C=O) groups is 1. The van der Waals surface area contributed by atoms with Crippen molar-refractivity contribution in [2.75, 3.05) is 0 Å². The maximum atomic E-state index is 12.7. The van der Waals surface area contributed by atoms with Gasteiger partial charge in [0, 0.05) is 18.8 Å². The molecule has 0 amide bonds. The molecule has 5 heteroatoms. The van der Waals surface area contributed by atoms with Crippen LogP contribution in [0.4, 0.5) is 0 Å². The number of aromatic carboxylic acids is 1. The van der Waals surface area contributed by atoms with Crippen LogP contribution in [0.2, 0.25) is 0 Å². The number of pyridine rings is 2. The van der Waals surface area contributed by atoms with Gasteiger partial charge in [0.25, 0.3) is 5.56 Å². The zero-order valence-corrected chi connectivity index (χ0v) is 16.4. The summed E-state index contributed by atoms with van der Waals surface area (Å²) in [6.07, 6.45) is 6.36. The predicted molar refractivity (Wildman–Crippen MR) is 113 cm³/mol. The molecule has 0 aliphatic heterocycles. The molecule has 5 nitrogen and oxygen atoms in total. The van der Waals surface area contributed by atoms with Crippen LogP contribution in [0.25, 0.3) is 16.6 Å². The van der Waals surface area contributed by atoms with Gasteiger partial charge in [-0.3, -0.25) is 9.20 Å². The average Bonchev–Trinajstić information content (AvgIpc) is 3.62. The molecule has 0 saturated heterocycles. The minimum absolute atomic E-state index is 0.149. The number of aryl methyl sites for hydroxylation is 1. The number of nitrogens with zero attached hydrogens (tertiary/aromatic N) is 1. The summed E-state index contributed by atoms with van der Waals surface area (Å²) in [6.45, 7) is 2.92. The molecule has 5 rings (SSSR count). The quantitative estimate of drug-likeness (QED) is 0.667. The molecule has 0 spiro atoms. The molecule has 2 aromatic heterocycles. The lowest BCUT2D eigenvalue weighted by atomic mass is 9.96. The van der Waals surface area contributed by atoms with E-state index >= 15 is 0 Å². The van der Waals surface area contributed by atoms with Gasteiger partial charge in [0.05, 0.1) is 5.52 Å². The second kappa shape index (κ2) is 6.85. The highest BCUT2D eigenvalue weighted by atomic mass is 16.4. The van der Waals surface area contributed by atoms with Crippen LogP contribution in [0.15, 0.2) is 47.4 Å². The topological polar surface area (TPSA) is 70.8 Å². The lowest BCUT2D eigenvalue weighted by Gasteiger charge is -2.15. The third-order valence-electron chi connectivity index (χ3n) is 6.10. The van der Waals surface area contributed by atoms with Gasteiger partial charge in [-0.1, -0.05) is 24.3 Å². The fourth-order valence-corrected chi connectivity index (χ4v) is 4.12. The molecule has 1 aromatic carbocycles. The highest BCUT2D eigenvalue weighted by Gasteiger charge is 2.29. The molecular weight excluding hydrogens is 364 g/mol. The van der Waals surface area contributed by atoms with Gasteiger partial charge < -0.3 is 10.4 Å². The van der Waals surface area contributed by atoms with Crippen molar-refractivity contribution in [1.29, 1.82) is 0 Å². The fourth-order valence-electron chi connectivity index (χ4n) is 4.12. The molecule has 0 atom stereocenters. The Balaban J connectivity index is 1.59. The zero-order chi connectivity index (χ0) is 20.1. The lowest BCUT2D eigenvalue weighted by Crippen LogP contribution is -2.23. The van der Waals surface area contributed by atoms with Crippen molar-refractivity contribution >= 4 is 11.5 Å². The third-order valence-corrected chi connectivity index (χ3v) is 6.10. The summed E-state index contributed by atoms with van der Waals surface area (Å²) in [4.78, 5) is 24.3. The van der Waals surface area contributed by atoms with Gasteiger partial charge in [-0.15, -0.1) is 0 Å². The van der Waals surface area contributed by atoms with Crippen LogP contribution in [0.1, 0.15) is 58.6 Å². The summed E-state index contributed by atoms with van der Waals surface area (Å²) < 4.78 is 1.52. The molecule has 2 heterocycles. The van der Waals surface area contributed by atoms with Crippen LogP contribution in [-0.4, -0.2) is 21.5 Å². The first-order valence-corrected chi connectivity index (χ1v) is 10.3. The Hall–Kier alpha value is -2.92. The van der Waals surface area contributed by atoms with Crippen molar-refractivity contribution in [3.05, 3.63) is 75.2 Å². The Morgan fingerprint density at radius 1 is 1.14 bits per heavy atom. The summed E-state index contributed by atoms with van der Waals surface area (Å²) in [5, 5.41) is 13.0. The van der Waals surface area contributed by atoms with Crippen molar-refractivity contribution in [3.63, 3.8) is 0 Å². The van der Waals surface area contributed by atoms with Crippen molar-refractivity contribution < 1.29 is 9.90 Å². The fraction of sp³-hybridized carbons (Fsp3) is 0.333. The van der Waals surface area contributed by atoms with E-state index < -0.39 is 11.5 Å². The van der Waals surface area contributed by atoms with Crippen molar-refractivity contribution in [2.45, 2.75) is 51.1 Å². The van der Waals surface area contributed by atoms with E-state index in [1.807, 2.05) is 13.0 Å². The van der Waals surface area contributed by atoms with Gasteiger partial charge in [-0.2, -0.15) is 0 Å². The van der Waals surface area contributed by atoms with Gasteiger partial charge in [0.1, 0.15) is 5.56 Å². The summed E-state index contributed by atoms with van der Waals surface area (Å²) >= 11 is 0. The Bertz CT molecular complexity index is 1170. The SMILES string of the molecule is Cc1c(-c2ccc(CNC3CC3)cc2)ccn2c(=O)c(C(=O)O)cc(C3CC3)c12. The number of nitrogens with one attached hydrogen (secondary N) is 1. The molecule has 2 saturated carbocycles. The normalized spacial score (nSPS) is 16.3. The number of benzene rings is 1. The molecule has 2 aliphatic carbocycles. The maximum Gasteiger partial charge on any atom is 0.341 e. The highest BCUT2D eigenvalue weighted by molar-refractivity contribution is 5.89. The van der Waals surface area contributed by atoms with Crippen molar-refractivity contribution in [3.8, 4) is 11.1 Å². The van der Waals surface area contributed by atoms with Crippen LogP contribution in [0.5, 0.6) is 0 Å². The monoisotopic (exact) mass is 388 g/mol. The lowest BCUT2D eigenvalue weighted by molar-refractivity contribution is 0.0694. The predicted octanol–water partition coefficient (Wildman–Crippen LogP) is 4.10. The first kappa shape index (κ1) is 18.1. The molecule has 2 fully saturated rings. The number of carboxylic acids is 1. The number of hydrogen-bond acceptors (Lipinski definition) is 3. The van der Waals surface area contributed by atoms with Crippen molar-refractivity contribution in [1.82, 2.24) is 9.72 Å². The van der Waals surface area contributed by atoms with Crippen LogP contribution in [0, 0.1) is 6.92 Å². The number of aromatic nitrogens is 1. The minimum atomic E-state index is -1.16. The standard InChI is InChI=1S/C24H24N2O3/c1-14-19(16-4-2-15(3-5-16)13-25-18-8-9-18)10-11-26-22(14)20(17-6-7-17)12-21(23(26)27)24(28)29/h2-5,10-12,17-18,25H,6-9,13H2,1H3,(H,28,29). The first-order chi connectivity index (χ1) is 14.0. The van der Waals surface area contributed by atoms with Gasteiger partial charge in [-0.05, 0) is 78.5 Å². The number of fused-ring (bicyclic) bond motifs is 1. The van der Waals surface area contributed by atoms with E-state index in [9.17, 15) is 14.7 Å². The summed E-state index contributed by atoms with van der Waals surface area (Å²) in [5.74, 6) is -0.822. The Morgan fingerprint density at radius 2 is 1.86 bits per heavy atom. The van der Waals surface area contributed by atoms with E-state index in [1.54, 1.807) is 12.3 Å². The second-order valence-electron chi connectivity index (χ2n) is 8.32. The Kier molecular flexibility index (Phi) is 4.28. The van der Waals surface area contributed by atoms with Crippen LogP contribution >= 0.6 is 0 Å². The Labute approximate surface area is 169 Å². The smallest absolute Gasteiger partial charge is 0.341 e. The zero-order valence-electron chi connectivity index (χ0n) is 16.4. The molecule has 2 aliphatic rings. The molecule has 0 radical (unpaired) electrons. The molecule has 148 valence electrons.